The van der Waals surface area contributed by atoms with Gasteiger partial charge in [-0.3, -0.25) is 9.63 Å². The minimum absolute atomic E-state index is 0.375. The number of halogens is 2. The largest absolute Gasteiger partial charge is 0.481 e. The minimum atomic E-state index is -0.879. The third-order valence-electron chi connectivity index (χ3n) is 4.06. The maximum atomic E-state index is 12.0. The summed E-state index contributed by atoms with van der Waals surface area (Å²) in [6.45, 7) is 0. The number of carboxylic acids is 1. The lowest BCUT2D eigenvalue weighted by molar-refractivity contribution is -0.151. The predicted molar refractivity (Wildman–Crippen MR) is 93.7 cm³/mol. The van der Waals surface area contributed by atoms with Gasteiger partial charge in [-0.25, -0.2) is 0 Å². The van der Waals surface area contributed by atoms with Gasteiger partial charge < -0.3 is 5.11 Å². The highest BCUT2D eigenvalue weighted by atomic mass is 79.9. The van der Waals surface area contributed by atoms with Gasteiger partial charge in [0.05, 0.1) is 6.04 Å². The zero-order valence-corrected chi connectivity index (χ0v) is 15.5. The third-order valence-corrected chi connectivity index (χ3v) is 5.50. The summed E-state index contributed by atoms with van der Waals surface area (Å²) in [5, 5.41) is 11.5. The van der Waals surface area contributed by atoms with Crippen LogP contribution in [-0.2, 0) is 9.63 Å². The molecule has 6 heteroatoms. The van der Waals surface area contributed by atoms with Gasteiger partial charge in [0, 0.05) is 16.0 Å². The Hall–Kier alpha value is -1.21. The summed E-state index contributed by atoms with van der Waals surface area (Å²) in [6, 6.07) is 14.8. The Kier molecular flexibility index (Phi) is 4.87. The van der Waals surface area contributed by atoms with Gasteiger partial charge in [0.15, 0.2) is 0 Å². The van der Waals surface area contributed by atoms with Gasteiger partial charge >= 0.3 is 5.97 Å². The molecule has 1 aliphatic rings. The molecule has 3 unspecified atom stereocenters. The number of aliphatic carboxylic acids is 1. The quantitative estimate of drug-likeness (QED) is 0.759. The second-order valence-corrected chi connectivity index (χ2v) is 7.13. The second-order valence-electron chi connectivity index (χ2n) is 5.42. The van der Waals surface area contributed by atoms with E-state index < -0.39 is 18.0 Å². The highest BCUT2D eigenvalue weighted by Crippen LogP contribution is 2.48. The van der Waals surface area contributed by atoms with Crippen LogP contribution in [0.1, 0.15) is 23.3 Å². The Morgan fingerprint density at radius 2 is 1.57 bits per heavy atom. The summed E-state index contributed by atoms with van der Waals surface area (Å²) in [7, 11) is 1.77. The Morgan fingerprint density at radius 3 is 2.09 bits per heavy atom. The lowest BCUT2D eigenvalue weighted by Crippen LogP contribution is -2.26. The van der Waals surface area contributed by atoms with Gasteiger partial charge in [-0.2, -0.15) is 5.06 Å². The van der Waals surface area contributed by atoms with Crippen LogP contribution in [0.3, 0.4) is 0 Å². The topological polar surface area (TPSA) is 49.8 Å². The van der Waals surface area contributed by atoms with Crippen LogP contribution in [0, 0.1) is 5.92 Å². The molecule has 0 aliphatic carbocycles. The first-order chi connectivity index (χ1) is 11.0. The molecule has 3 rings (SSSR count). The van der Waals surface area contributed by atoms with E-state index >= 15 is 0 Å². The van der Waals surface area contributed by atoms with Crippen LogP contribution >= 0.6 is 31.9 Å². The lowest BCUT2D eigenvalue weighted by Gasteiger charge is -2.22. The van der Waals surface area contributed by atoms with Gasteiger partial charge in [-0.1, -0.05) is 68.3 Å². The molecule has 2 aromatic rings. The van der Waals surface area contributed by atoms with Crippen molar-refractivity contribution in [1.82, 2.24) is 5.06 Å². The summed E-state index contributed by atoms with van der Waals surface area (Å²) in [5.74, 6) is -1.59. The molecule has 4 nitrogen and oxygen atoms in total. The molecule has 1 fully saturated rings. The van der Waals surface area contributed by atoms with Crippen LogP contribution in [0.4, 0.5) is 0 Å². The van der Waals surface area contributed by atoms with Crippen LogP contribution < -0.4 is 0 Å². The fraction of sp³-hybridized carbons (Fsp3) is 0.235. The Labute approximate surface area is 151 Å². The Balaban J connectivity index is 2.07. The summed E-state index contributed by atoms with van der Waals surface area (Å²) in [6.07, 6.45) is -0.551. The molecule has 120 valence electrons. The molecular formula is C17H15Br2NO3. The van der Waals surface area contributed by atoms with Crippen LogP contribution in [-0.4, -0.2) is 23.2 Å². The standard InChI is InChI=1S/C17H15Br2NO3/c1-20-15(10-6-2-4-8-12(10)18)14(17(21)22)16(23-20)11-7-3-5-9-13(11)19/h2-9,14-16H,1H3,(H,21,22). The average molecular weight is 441 g/mol. The van der Waals surface area contributed by atoms with E-state index in [0.29, 0.717) is 0 Å². The number of carboxylic acid groups (broad SMARTS) is 1. The molecule has 0 radical (unpaired) electrons. The summed E-state index contributed by atoms with van der Waals surface area (Å²) >= 11 is 7.01. The van der Waals surface area contributed by atoms with E-state index in [4.69, 9.17) is 4.84 Å². The SMILES string of the molecule is CN1OC(c2ccccc2Br)C(C(=O)O)C1c1ccccc1Br. The molecular weight excluding hydrogens is 426 g/mol. The molecule has 2 aromatic carbocycles. The van der Waals surface area contributed by atoms with Crippen molar-refractivity contribution < 1.29 is 14.7 Å². The van der Waals surface area contributed by atoms with Gasteiger partial charge in [0.1, 0.15) is 12.0 Å². The first-order valence-corrected chi connectivity index (χ1v) is 8.70. The minimum Gasteiger partial charge on any atom is -0.481 e. The molecule has 1 aliphatic heterocycles. The second kappa shape index (κ2) is 6.73. The molecule has 0 amide bonds. The van der Waals surface area contributed by atoms with Crippen molar-refractivity contribution in [2.24, 2.45) is 5.92 Å². The number of nitrogens with zero attached hydrogens (tertiary/aromatic N) is 1. The molecule has 0 bridgehead atoms. The maximum Gasteiger partial charge on any atom is 0.311 e. The highest BCUT2D eigenvalue weighted by molar-refractivity contribution is 9.10. The maximum absolute atomic E-state index is 12.0. The van der Waals surface area contributed by atoms with E-state index in [-0.39, 0.29) is 6.04 Å². The molecule has 1 N–H and O–H groups in total. The molecule has 0 aromatic heterocycles. The van der Waals surface area contributed by atoms with E-state index in [1.807, 2.05) is 48.5 Å². The van der Waals surface area contributed by atoms with Gasteiger partial charge in [-0.15, -0.1) is 0 Å². The van der Waals surface area contributed by atoms with Crippen molar-refractivity contribution in [3.8, 4) is 0 Å². The number of hydrogen-bond donors (Lipinski definition) is 1. The fourth-order valence-electron chi connectivity index (χ4n) is 3.03. The first kappa shape index (κ1) is 16.6. The molecule has 1 heterocycles. The number of benzene rings is 2. The van der Waals surface area contributed by atoms with Gasteiger partial charge in [0.2, 0.25) is 0 Å². The van der Waals surface area contributed by atoms with E-state index in [0.717, 1.165) is 20.1 Å². The number of rotatable bonds is 3. The van der Waals surface area contributed by atoms with Gasteiger partial charge in [-0.05, 0) is 23.3 Å². The number of carbonyl (C=O) groups is 1. The van der Waals surface area contributed by atoms with Crippen LogP contribution in [0.25, 0.3) is 0 Å². The Morgan fingerprint density at radius 1 is 1.04 bits per heavy atom. The first-order valence-electron chi connectivity index (χ1n) is 7.12. The summed E-state index contributed by atoms with van der Waals surface area (Å²) in [5.41, 5.74) is 1.73. The van der Waals surface area contributed by atoms with E-state index in [1.54, 1.807) is 12.1 Å². The van der Waals surface area contributed by atoms with E-state index in [9.17, 15) is 9.90 Å². The third kappa shape index (κ3) is 3.08. The van der Waals surface area contributed by atoms with Crippen molar-refractivity contribution in [3.05, 3.63) is 68.6 Å². The van der Waals surface area contributed by atoms with Gasteiger partial charge in [0.25, 0.3) is 0 Å². The molecule has 1 saturated heterocycles. The fourth-order valence-corrected chi connectivity index (χ4v) is 4.06. The van der Waals surface area contributed by atoms with Crippen LogP contribution in [0.15, 0.2) is 57.5 Å². The smallest absolute Gasteiger partial charge is 0.311 e. The van der Waals surface area contributed by atoms with Crippen molar-refractivity contribution >= 4 is 37.8 Å². The van der Waals surface area contributed by atoms with Crippen LogP contribution in [0.2, 0.25) is 0 Å². The van der Waals surface area contributed by atoms with Crippen molar-refractivity contribution in [2.75, 3.05) is 7.05 Å². The van der Waals surface area contributed by atoms with Crippen LogP contribution in [0.5, 0.6) is 0 Å². The number of hydroxylamine groups is 2. The van der Waals surface area contributed by atoms with E-state index in [1.165, 1.54) is 0 Å². The normalized spacial score (nSPS) is 24.7. The average Bonchev–Trinajstić information content (AvgIpc) is 2.85. The van der Waals surface area contributed by atoms with Crippen molar-refractivity contribution in [1.29, 1.82) is 0 Å². The van der Waals surface area contributed by atoms with E-state index in [2.05, 4.69) is 31.9 Å². The molecule has 23 heavy (non-hydrogen) atoms. The zero-order valence-electron chi connectivity index (χ0n) is 12.3. The lowest BCUT2D eigenvalue weighted by atomic mass is 9.86. The molecule has 3 atom stereocenters. The summed E-state index contributed by atoms with van der Waals surface area (Å²) in [4.78, 5) is 17.9. The van der Waals surface area contributed by atoms with Crippen molar-refractivity contribution in [3.63, 3.8) is 0 Å². The highest BCUT2D eigenvalue weighted by Gasteiger charge is 2.48. The summed E-state index contributed by atoms with van der Waals surface area (Å²) < 4.78 is 1.72. The Bertz CT molecular complexity index is 737. The van der Waals surface area contributed by atoms with Crippen molar-refractivity contribution in [2.45, 2.75) is 12.1 Å². The zero-order chi connectivity index (χ0) is 16.6. The molecule has 0 saturated carbocycles. The predicted octanol–water partition coefficient (Wildman–Crippen LogP) is 4.57. The monoisotopic (exact) mass is 439 g/mol. The molecule has 0 spiro atoms. The number of hydrogen-bond acceptors (Lipinski definition) is 3.